The molecule has 21 heavy (non-hydrogen) atoms. The van der Waals surface area contributed by atoms with Crippen LogP contribution >= 0.6 is 0 Å². The number of nitrogens with zero attached hydrogens (tertiary/aromatic N) is 1. The topological polar surface area (TPSA) is 70.0 Å². The highest BCUT2D eigenvalue weighted by atomic mass is 16.5. The Morgan fingerprint density at radius 3 is 3.05 bits per heavy atom. The summed E-state index contributed by atoms with van der Waals surface area (Å²) in [6.07, 6.45) is 2.60. The number of ether oxygens (including phenoxy) is 1. The Morgan fingerprint density at radius 2 is 2.33 bits per heavy atom. The molecule has 0 amide bonds. The summed E-state index contributed by atoms with van der Waals surface area (Å²) in [6, 6.07) is 8.10. The van der Waals surface area contributed by atoms with Crippen LogP contribution in [0.4, 0.5) is 0 Å². The quantitative estimate of drug-likeness (QED) is 0.802. The van der Waals surface area contributed by atoms with Crippen molar-refractivity contribution in [2.75, 3.05) is 19.8 Å². The third kappa shape index (κ3) is 4.67. The van der Waals surface area contributed by atoms with Gasteiger partial charge in [-0.1, -0.05) is 24.3 Å². The second-order valence-electron chi connectivity index (χ2n) is 5.33. The molecule has 2 rings (SSSR count). The molecule has 0 aromatic heterocycles. The Kier molecular flexibility index (Phi) is 5.50. The van der Waals surface area contributed by atoms with Crippen LogP contribution in [0, 0.1) is 0 Å². The highest BCUT2D eigenvalue weighted by Gasteiger charge is 2.25. The van der Waals surface area contributed by atoms with Crippen LogP contribution in [-0.4, -0.2) is 53.0 Å². The van der Waals surface area contributed by atoms with Gasteiger partial charge in [-0.3, -0.25) is 4.90 Å². The number of aliphatic hydroxyl groups excluding tert-OH is 1. The molecule has 2 N–H and O–H groups in total. The van der Waals surface area contributed by atoms with Gasteiger partial charge in [-0.05, 0) is 24.1 Å². The molecule has 5 nitrogen and oxygen atoms in total. The van der Waals surface area contributed by atoms with Crippen molar-refractivity contribution in [3.63, 3.8) is 0 Å². The lowest BCUT2D eigenvalue weighted by molar-refractivity contribution is -0.131. The van der Waals surface area contributed by atoms with Crippen molar-refractivity contribution in [2.24, 2.45) is 0 Å². The molecule has 2 unspecified atom stereocenters. The van der Waals surface area contributed by atoms with Crippen LogP contribution in [0.3, 0.4) is 0 Å². The molecule has 0 radical (unpaired) electrons. The van der Waals surface area contributed by atoms with Gasteiger partial charge in [0.25, 0.3) is 0 Å². The highest BCUT2D eigenvalue weighted by Crippen LogP contribution is 2.16. The zero-order chi connectivity index (χ0) is 15.2. The number of rotatable bonds is 5. The van der Waals surface area contributed by atoms with Gasteiger partial charge in [-0.2, -0.15) is 0 Å². The van der Waals surface area contributed by atoms with E-state index in [1.54, 1.807) is 6.08 Å². The van der Waals surface area contributed by atoms with Gasteiger partial charge in [-0.25, -0.2) is 4.79 Å². The fourth-order valence-electron chi connectivity index (χ4n) is 2.40. The van der Waals surface area contributed by atoms with Crippen LogP contribution in [0.1, 0.15) is 18.1 Å². The third-order valence-corrected chi connectivity index (χ3v) is 3.59. The summed E-state index contributed by atoms with van der Waals surface area (Å²) in [4.78, 5) is 12.8. The van der Waals surface area contributed by atoms with Crippen molar-refractivity contribution in [3.8, 4) is 0 Å². The molecule has 1 aromatic rings. The first-order valence-corrected chi connectivity index (χ1v) is 7.05. The molecule has 0 spiro atoms. The van der Waals surface area contributed by atoms with E-state index in [-0.39, 0.29) is 12.7 Å². The lowest BCUT2D eigenvalue weighted by Crippen LogP contribution is -2.48. The van der Waals surface area contributed by atoms with E-state index in [2.05, 4.69) is 11.8 Å². The molecular formula is C16H21NO4. The predicted octanol–water partition coefficient (Wildman–Crippen LogP) is 1.37. The van der Waals surface area contributed by atoms with Crippen LogP contribution < -0.4 is 0 Å². The van der Waals surface area contributed by atoms with E-state index >= 15 is 0 Å². The van der Waals surface area contributed by atoms with Gasteiger partial charge in [0.1, 0.15) is 0 Å². The first-order valence-electron chi connectivity index (χ1n) is 7.05. The summed E-state index contributed by atoms with van der Waals surface area (Å²) in [5, 5.41) is 17.9. The third-order valence-electron chi connectivity index (χ3n) is 3.59. The van der Waals surface area contributed by atoms with E-state index in [0.29, 0.717) is 19.2 Å². The molecule has 1 aliphatic heterocycles. The Labute approximate surface area is 124 Å². The maximum absolute atomic E-state index is 10.6. The monoisotopic (exact) mass is 291 g/mol. The molecule has 114 valence electrons. The second kappa shape index (κ2) is 7.36. The Morgan fingerprint density at radius 1 is 1.52 bits per heavy atom. The largest absolute Gasteiger partial charge is 0.478 e. The van der Waals surface area contributed by atoms with E-state index in [1.165, 1.54) is 0 Å². The molecule has 5 heteroatoms. The molecule has 2 atom stereocenters. The van der Waals surface area contributed by atoms with Crippen molar-refractivity contribution >= 4 is 12.0 Å². The maximum atomic E-state index is 10.6. The van der Waals surface area contributed by atoms with E-state index in [9.17, 15) is 9.90 Å². The number of aliphatic hydroxyl groups is 1. The number of carboxylic acids is 1. The standard InChI is InChI=1S/C16H21NO4/c1-12-11-21-15(10-18)9-17(12)8-14-4-2-3-13(7-14)5-6-16(19)20/h2-7,12,15,18H,8-11H2,1H3,(H,19,20)/b6-5+. The molecule has 1 aliphatic rings. The van der Waals surface area contributed by atoms with E-state index in [1.807, 2.05) is 24.3 Å². The van der Waals surface area contributed by atoms with Crippen molar-refractivity contribution in [2.45, 2.75) is 25.6 Å². The summed E-state index contributed by atoms with van der Waals surface area (Å²) in [7, 11) is 0. The SMILES string of the molecule is CC1COC(CO)CN1Cc1cccc(/C=C/C(=O)O)c1. The highest BCUT2D eigenvalue weighted by molar-refractivity contribution is 5.85. The molecule has 1 fully saturated rings. The average Bonchev–Trinajstić information content (AvgIpc) is 2.48. The Bertz CT molecular complexity index is 515. The number of aliphatic carboxylic acids is 1. The number of carbonyl (C=O) groups is 1. The molecule has 0 bridgehead atoms. The summed E-state index contributed by atoms with van der Waals surface area (Å²) < 4.78 is 5.53. The molecule has 1 saturated heterocycles. The average molecular weight is 291 g/mol. The first-order chi connectivity index (χ1) is 10.1. The van der Waals surface area contributed by atoms with Gasteiger partial charge in [0, 0.05) is 25.2 Å². The van der Waals surface area contributed by atoms with E-state index in [4.69, 9.17) is 9.84 Å². The van der Waals surface area contributed by atoms with Crippen LogP contribution in [0.25, 0.3) is 6.08 Å². The van der Waals surface area contributed by atoms with Gasteiger partial charge < -0.3 is 14.9 Å². The molecule has 1 aromatic carbocycles. The van der Waals surface area contributed by atoms with Crippen LogP contribution in [0.15, 0.2) is 30.3 Å². The van der Waals surface area contributed by atoms with Crippen LogP contribution in [0.5, 0.6) is 0 Å². The normalized spacial score (nSPS) is 23.5. The van der Waals surface area contributed by atoms with E-state index in [0.717, 1.165) is 23.7 Å². The second-order valence-corrected chi connectivity index (χ2v) is 5.33. The van der Waals surface area contributed by atoms with Crippen molar-refractivity contribution < 1.29 is 19.7 Å². The molecule has 0 aliphatic carbocycles. The predicted molar refractivity (Wildman–Crippen MR) is 79.8 cm³/mol. The summed E-state index contributed by atoms with van der Waals surface area (Å²) in [6.45, 7) is 4.21. The molecular weight excluding hydrogens is 270 g/mol. The minimum absolute atomic E-state index is 0.0324. The van der Waals surface area contributed by atoms with Gasteiger partial charge in [0.05, 0.1) is 19.3 Å². The summed E-state index contributed by atoms with van der Waals surface area (Å²) >= 11 is 0. The first kappa shape index (κ1) is 15.7. The number of hydrogen-bond acceptors (Lipinski definition) is 4. The van der Waals surface area contributed by atoms with Gasteiger partial charge in [0.2, 0.25) is 0 Å². The lowest BCUT2D eigenvalue weighted by atomic mass is 10.1. The van der Waals surface area contributed by atoms with Crippen molar-refractivity contribution in [1.82, 2.24) is 4.90 Å². The zero-order valence-electron chi connectivity index (χ0n) is 12.1. The number of morpholine rings is 1. The lowest BCUT2D eigenvalue weighted by Gasteiger charge is -2.37. The van der Waals surface area contributed by atoms with Crippen LogP contribution in [0.2, 0.25) is 0 Å². The molecule has 0 saturated carbocycles. The number of benzene rings is 1. The smallest absolute Gasteiger partial charge is 0.328 e. The maximum Gasteiger partial charge on any atom is 0.328 e. The number of carboxylic acid groups (broad SMARTS) is 1. The van der Waals surface area contributed by atoms with Gasteiger partial charge in [-0.15, -0.1) is 0 Å². The fraction of sp³-hybridized carbons (Fsp3) is 0.438. The summed E-state index contributed by atoms with van der Waals surface area (Å²) in [5.74, 6) is -0.951. The fourth-order valence-corrected chi connectivity index (χ4v) is 2.40. The Hall–Kier alpha value is -1.69. The number of hydrogen-bond donors (Lipinski definition) is 2. The van der Waals surface area contributed by atoms with Crippen molar-refractivity contribution in [1.29, 1.82) is 0 Å². The van der Waals surface area contributed by atoms with Crippen molar-refractivity contribution in [3.05, 3.63) is 41.5 Å². The minimum Gasteiger partial charge on any atom is -0.478 e. The van der Waals surface area contributed by atoms with E-state index < -0.39 is 5.97 Å². The zero-order valence-corrected chi connectivity index (χ0v) is 12.1. The Balaban J connectivity index is 2.04. The van der Waals surface area contributed by atoms with Gasteiger partial charge in [0.15, 0.2) is 0 Å². The van der Waals surface area contributed by atoms with Crippen LogP contribution in [-0.2, 0) is 16.1 Å². The summed E-state index contributed by atoms with van der Waals surface area (Å²) in [5.41, 5.74) is 1.99. The van der Waals surface area contributed by atoms with Gasteiger partial charge >= 0.3 is 5.97 Å². The molecule has 1 heterocycles. The minimum atomic E-state index is -0.951.